The summed E-state index contributed by atoms with van der Waals surface area (Å²) in [7, 11) is 3.88. The summed E-state index contributed by atoms with van der Waals surface area (Å²) in [6.07, 6.45) is 1.61. The fourth-order valence-electron chi connectivity index (χ4n) is 3.45. The molecular formula is C21H31FN6O. The van der Waals surface area contributed by atoms with Gasteiger partial charge in [-0.25, -0.2) is 9.38 Å². The number of rotatable bonds is 7. The molecule has 2 heterocycles. The molecule has 2 aromatic rings. The van der Waals surface area contributed by atoms with E-state index in [4.69, 9.17) is 9.52 Å². The number of hydrogen-bond donors (Lipinski definition) is 1. The first-order chi connectivity index (χ1) is 14.0. The first-order valence-corrected chi connectivity index (χ1v) is 10.1. The van der Waals surface area contributed by atoms with Crippen LogP contribution in [-0.2, 0) is 19.6 Å². The molecule has 8 heteroatoms. The van der Waals surface area contributed by atoms with E-state index >= 15 is 0 Å². The number of aliphatic imine (C=N–C) groups is 1. The number of halogens is 1. The number of nitrogens with zero attached hydrogens (tertiary/aromatic N) is 5. The van der Waals surface area contributed by atoms with E-state index < -0.39 is 0 Å². The Morgan fingerprint density at radius 3 is 2.69 bits per heavy atom. The lowest BCUT2D eigenvalue weighted by molar-refractivity contribution is 0.169. The van der Waals surface area contributed by atoms with Crippen molar-refractivity contribution in [2.75, 3.05) is 46.8 Å². The Kier molecular flexibility index (Phi) is 7.60. The number of guanidine groups is 1. The molecule has 0 saturated carbocycles. The van der Waals surface area contributed by atoms with Crippen molar-refractivity contribution in [1.29, 1.82) is 0 Å². The third kappa shape index (κ3) is 6.27. The largest absolute Gasteiger partial charge is 0.364 e. The van der Waals surface area contributed by atoms with Gasteiger partial charge in [0.25, 0.3) is 0 Å². The Labute approximate surface area is 172 Å². The molecule has 0 atom stereocenters. The zero-order valence-electron chi connectivity index (χ0n) is 17.6. The molecule has 1 aromatic heterocycles. The van der Waals surface area contributed by atoms with Crippen LogP contribution >= 0.6 is 0 Å². The summed E-state index contributed by atoms with van der Waals surface area (Å²) >= 11 is 0. The predicted octanol–water partition coefficient (Wildman–Crippen LogP) is 2.16. The second kappa shape index (κ2) is 10.4. The van der Waals surface area contributed by atoms with E-state index in [0.717, 1.165) is 56.5 Å². The van der Waals surface area contributed by atoms with Crippen LogP contribution in [0.15, 0.2) is 40.0 Å². The third-order valence-corrected chi connectivity index (χ3v) is 4.89. The maximum absolute atomic E-state index is 14.0. The van der Waals surface area contributed by atoms with Crippen molar-refractivity contribution < 1.29 is 8.91 Å². The number of piperazine rings is 1. The highest BCUT2D eigenvalue weighted by Gasteiger charge is 2.20. The highest BCUT2D eigenvalue weighted by molar-refractivity contribution is 5.80. The number of aromatic nitrogens is 1. The molecule has 1 N–H and O–H groups in total. The number of nitrogens with one attached hydrogen (secondary N) is 1. The molecule has 0 aliphatic carbocycles. The molecule has 1 aliphatic heterocycles. The van der Waals surface area contributed by atoms with Crippen LogP contribution in [0, 0.1) is 5.82 Å². The Hall–Kier alpha value is -2.45. The van der Waals surface area contributed by atoms with Crippen molar-refractivity contribution in [1.82, 2.24) is 25.2 Å². The molecule has 0 bridgehead atoms. The van der Waals surface area contributed by atoms with Gasteiger partial charge in [-0.1, -0.05) is 11.2 Å². The topological polar surface area (TPSA) is 60.1 Å². The van der Waals surface area contributed by atoms with Crippen LogP contribution in [0.4, 0.5) is 4.39 Å². The standard InChI is InChI=1S/C21H31FN6O/c1-4-23-21(24-14-17-5-6-20(22)18(13-17)15-26(2)3)28-10-8-27(9-11-28)16-19-7-12-29-25-19/h5-7,12-13H,4,8-11,14-16H2,1-3H3,(H,23,24). The van der Waals surface area contributed by atoms with E-state index in [1.807, 2.05) is 37.2 Å². The van der Waals surface area contributed by atoms with Crippen LogP contribution in [0.2, 0.25) is 0 Å². The Morgan fingerprint density at radius 1 is 1.24 bits per heavy atom. The van der Waals surface area contributed by atoms with Crippen LogP contribution in [0.5, 0.6) is 0 Å². The van der Waals surface area contributed by atoms with E-state index in [9.17, 15) is 4.39 Å². The zero-order valence-corrected chi connectivity index (χ0v) is 17.6. The van der Waals surface area contributed by atoms with Crippen molar-refractivity contribution in [3.63, 3.8) is 0 Å². The number of hydrogen-bond acceptors (Lipinski definition) is 5. The molecule has 0 amide bonds. The van der Waals surface area contributed by atoms with E-state index in [-0.39, 0.29) is 5.82 Å². The van der Waals surface area contributed by atoms with Crippen molar-refractivity contribution in [2.45, 2.75) is 26.6 Å². The normalized spacial score (nSPS) is 15.9. The monoisotopic (exact) mass is 402 g/mol. The van der Waals surface area contributed by atoms with Crippen molar-refractivity contribution >= 4 is 5.96 Å². The minimum absolute atomic E-state index is 0.165. The van der Waals surface area contributed by atoms with Gasteiger partial charge in [0.1, 0.15) is 12.1 Å². The first kappa shape index (κ1) is 21.3. The van der Waals surface area contributed by atoms with Crippen molar-refractivity contribution in [3.8, 4) is 0 Å². The highest BCUT2D eigenvalue weighted by atomic mass is 19.1. The van der Waals surface area contributed by atoms with Crippen molar-refractivity contribution in [3.05, 3.63) is 53.2 Å². The molecule has 3 rings (SSSR count). The van der Waals surface area contributed by atoms with Crippen LogP contribution in [0.1, 0.15) is 23.7 Å². The summed E-state index contributed by atoms with van der Waals surface area (Å²) in [6.45, 7) is 8.50. The van der Waals surface area contributed by atoms with Gasteiger partial charge < -0.3 is 19.6 Å². The minimum Gasteiger partial charge on any atom is -0.364 e. The van der Waals surface area contributed by atoms with Crippen LogP contribution in [-0.4, -0.2) is 72.6 Å². The van der Waals surface area contributed by atoms with Gasteiger partial charge in [0.15, 0.2) is 5.96 Å². The van der Waals surface area contributed by atoms with Crippen LogP contribution < -0.4 is 5.32 Å². The zero-order chi connectivity index (χ0) is 20.6. The lowest BCUT2D eigenvalue weighted by atomic mass is 10.1. The summed E-state index contributed by atoms with van der Waals surface area (Å²) < 4.78 is 18.9. The summed E-state index contributed by atoms with van der Waals surface area (Å²) in [5.41, 5.74) is 2.68. The summed E-state index contributed by atoms with van der Waals surface area (Å²) in [5, 5.41) is 7.38. The molecule has 158 valence electrons. The van der Waals surface area contributed by atoms with Gasteiger partial charge in [0.2, 0.25) is 0 Å². The minimum atomic E-state index is -0.165. The first-order valence-electron chi connectivity index (χ1n) is 10.1. The molecular weight excluding hydrogens is 371 g/mol. The Morgan fingerprint density at radius 2 is 2.03 bits per heavy atom. The Bertz CT molecular complexity index is 784. The van der Waals surface area contributed by atoms with Gasteiger partial charge in [-0.05, 0) is 38.7 Å². The lowest BCUT2D eigenvalue weighted by Crippen LogP contribution is -2.52. The van der Waals surface area contributed by atoms with Gasteiger partial charge in [-0.15, -0.1) is 0 Å². The SMILES string of the molecule is CCNC(=NCc1ccc(F)c(CN(C)C)c1)N1CCN(Cc2ccon2)CC1. The summed E-state index contributed by atoms with van der Waals surface area (Å²) in [6, 6.07) is 7.18. The van der Waals surface area contributed by atoms with Gasteiger partial charge >= 0.3 is 0 Å². The maximum Gasteiger partial charge on any atom is 0.194 e. The van der Waals surface area contributed by atoms with E-state index in [1.165, 1.54) is 0 Å². The van der Waals surface area contributed by atoms with E-state index in [0.29, 0.717) is 18.7 Å². The molecule has 29 heavy (non-hydrogen) atoms. The second-order valence-electron chi connectivity index (χ2n) is 7.59. The van der Waals surface area contributed by atoms with Gasteiger partial charge in [-0.2, -0.15) is 0 Å². The molecule has 7 nitrogen and oxygen atoms in total. The summed E-state index contributed by atoms with van der Waals surface area (Å²) in [5.74, 6) is 0.744. The maximum atomic E-state index is 14.0. The average Bonchev–Trinajstić information content (AvgIpc) is 3.21. The van der Waals surface area contributed by atoms with Gasteiger partial charge in [0, 0.05) is 57.4 Å². The van der Waals surface area contributed by atoms with Crippen LogP contribution in [0.25, 0.3) is 0 Å². The smallest absolute Gasteiger partial charge is 0.194 e. The average molecular weight is 403 g/mol. The lowest BCUT2D eigenvalue weighted by Gasteiger charge is -2.36. The molecule has 0 spiro atoms. The fraction of sp³-hybridized carbons (Fsp3) is 0.524. The molecule has 1 saturated heterocycles. The summed E-state index contributed by atoms with van der Waals surface area (Å²) in [4.78, 5) is 11.4. The molecule has 1 aliphatic rings. The van der Waals surface area contributed by atoms with E-state index in [1.54, 1.807) is 12.3 Å². The molecule has 0 unspecified atom stereocenters. The molecule has 1 aromatic carbocycles. The highest BCUT2D eigenvalue weighted by Crippen LogP contribution is 2.14. The van der Waals surface area contributed by atoms with Crippen molar-refractivity contribution in [2.24, 2.45) is 4.99 Å². The molecule has 1 fully saturated rings. The second-order valence-corrected chi connectivity index (χ2v) is 7.59. The van der Waals surface area contributed by atoms with Crippen LogP contribution in [0.3, 0.4) is 0 Å². The Balaban J connectivity index is 1.60. The molecule has 0 radical (unpaired) electrons. The third-order valence-electron chi connectivity index (χ3n) is 4.89. The number of benzene rings is 1. The van der Waals surface area contributed by atoms with Gasteiger partial charge in [0.05, 0.1) is 12.2 Å². The fourth-order valence-corrected chi connectivity index (χ4v) is 3.45. The van der Waals surface area contributed by atoms with Gasteiger partial charge in [-0.3, -0.25) is 4.90 Å². The predicted molar refractivity (Wildman–Crippen MR) is 112 cm³/mol. The quantitative estimate of drug-likeness (QED) is 0.566. The van der Waals surface area contributed by atoms with E-state index in [2.05, 4.69) is 27.2 Å².